The lowest BCUT2D eigenvalue weighted by Crippen LogP contribution is -2.40. The van der Waals surface area contributed by atoms with Crippen LogP contribution >= 0.6 is 11.6 Å². The van der Waals surface area contributed by atoms with E-state index in [0.29, 0.717) is 36.6 Å². The van der Waals surface area contributed by atoms with Gasteiger partial charge >= 0.3 is 0 Å². The van der Waals surface area contributed by atoms with Crippen LogP contribution in [0.25, 0.3) is 0 Å². The quantitative estimate of drug-likeness (QED) is 0.777. The molecule has 7 heteroatoms. The highest BCUT2D eigenvalue weighted by Crippen LogP contribution is 2.24. The first-order valence-corrected chi connectivity index (χ1v) is 9.07. The minimum Gasteiger partial charge on any atom is -0.325 e. The summed E-state index contributed by atoms with van der Waals surface area (Å²) >= 11 is 5.89. The molecule has 3 rings (SSSR count). The maximum Gasteiger partial charge on any atom is 0.238 e. The molecule has 1 amide bonds. The smallest absolute Gasteiger partial charge is 0.238 e. The average Bonchev–Trinajstić information content (AvgIpc) is 2.64. The van der Waals surface area contributed by atoms with E-state index >= 15 is 0 Å². The van der Waals surface area contributed by atoms with E-state index in [4.69, 9.17) is 11.6 Å². The number of hydrogen-bond donors (Lipinski definition) is 1. The molecule has 0 bridgehead atoms. The number of ketones is 1. The summed E-state index contributed by atoms with van der Waals surface area (Å²) in [6, 6.07) is 9.80. The summed E-state index contributed by atoms with van der Waals surface area (Å²) in [6.45, 7) is 1.27. The highest BCUT2D eigenvalue weighted by atomic mass is 35.5. The molecule has 1 aliphatic heterocycles. The minimum absolute atomic E-state index is 0.168. The number of halogens is 3. The number of Topliss-reactive ketones (excluding diaryl/α,β-unsaturated/α-hetero) is 1. The second kappa shape index (κ2) is 8.59. The van der Waals surface area contributed by atoms with E-state index in [0.717, 1.165) is 18.2 Å². The van der Waals surface area contributed by atoms with Crippen molar-refractivity contribution in [1.82, 2.24) is 4.90 Å². The van der Waals surface area contributed by atoms with E-state index < -0.39 is 11.6 Å². The fourth-order valence-corrected chi connectivity index (χ4v) is 3.42. The van der Waals surface area contributed by atoms with Crippen molar-refractivity contribution in [2.24, 2.45) is 5.92 Å². The number of nitrogens with zero attached hydrogens (tertiary/aromatic N) is 1. The van der Waals surface area contributed by atoms with Crippen LogP contribution in [0.4, 0.5) is 14.5 Å². The molecule has 2 aromatic rings. The Bertz CT molecular complexity index is 852. The van der Waals surface area contributed by atoms with Crippen molar-refractivity contribution in [3.8, 4) is 0 Å². The van der Waals surface area contributed by atoms with Crippen LogP contribution in [-0.2, 0) is 4.79 Å². The number of rotatable bonds is 5. The molecule has 0 spiro atoms. The third-order valence-electron chi connectivity index (χ3n) is 4.63. The zero-order chi connectivity index (χ0) is 19.4. The van der Waals surface area contributed by atoms with Gasteiger partial charge in [-0.3, -0.25) is 14.5 Å². The molecule has 0 aromatic heterocycles. The summed E-state index contributed by atoms with van der Waals surface area (Å²) < 4.78 is 27.1. The first-order chi connectivity index (χ1) is 12.9. The Hall–Kier alpha value is -2.31. The molecule has 0 unspecified atom stereocenters. The van der Waals surface area contributed by atoms with Crippen molar-refractivity contribution >= 4 is 29.0 Å². The van der Waals surface area contributed by atoms with Crippen LogP contribution in [-0.4, -0.2) is 36.2 Å². The van der Waals surface area contributed by atoms with Gasteiger partial charge in [0.15, 0.2) is 5.78 Å². The lowest BCUT2D eigenvalue weighted by Gasteiger charge is -2.30. The van der Waals surface area contributed by atoms with Crippen molar-refractivity contribution in [3.63, 3.8) is 0 Å². The van der Waals surface area contributed by atoms with Gasteiger partial charge in [0.05, 0.1) is 12.1 Å². The van der Waals surface area contributed by atoms with Gasteiger partial charge in [-0.15, -0.1) is 0 Å². The Morgan fingerprint density at radius 2 is 1.85 bits per heavy atom. The van der Waals surface area contributed by atoms with E-state index in [1.165, 1.54) is 0 Å². The number of hydrogen-bond acceptors (Lipinski definition) is 3. The Balaban J connectivity index is 1.52. The number of piperidine rings is 1. The second-order valence-corrected chi connectivity index (χ2v) is 7.03. The van der Waals surface area contributed by atoms with Gasteiger partial charge in [-0.2, -0.15) is 0 Å². The summed E-state index contributed by atoms with van der Waals surface area (Å²) in [5.41, 5.74) is 0.422. The maximum atomic E-state index is 13.8. The second-order valence-electron chi connectivity index (χ2n) is 6.60. The summed E-state index contributed by atoms with van der Waals surface area (Å²) in [7, 11) is 0. The first-order valence-electron chi connectivity index (χ1n) is 8.69. The predicted molar refractivity (Wildman–Crippen MR) is 99.9 cm³/mol. The zero-order valence-corrected chi connectivity index (χ0v) is 15.3. The third kappa shape index (κ3) is 5.11. The summed E-state index contributed by atoms with van der Waals surface area (Å²) in [5.74, 6) is -2.25. The monoisotopic (exact) mass is 392 g/mol. The van der Waals surface area contributed by atoms with Gasteiger partial charge in [0.25, 0.3) is 0 Å². The number of nitrogens with one attached hydrogen (secondary N) is 1. The normalized spacial score (nSPS) is 15.5. The molecule has 1 fully saturated rings. The van der Waals surface area contributed by atoms with Gasteiger partial charge in [-0.1, -0.05) is 17.7 Å². The maximum absolute atomic E-state index is 13.8. The highest BCUT2D eigenvalue weighted by molar-refractivity contribution is 6.30. The van der Waals surface area contributed by atoms with Crippen LogP contribution in [0.15, 0.2) is 42.5 Å². The number of likely N-dealkylation sites (tertiary alicyclic amines) is 1. The molecule has 4 nitrogen and oxygen atoms in total. The summed E-state index contributed by atoms with van der Waals surface area (Å²) in [5, 5.41) is 3.32. The van der Waals surface area contributed by atoms with Crippen molar-refractivity contribution in [2.75, 3.05) is 25.0 Å². The first kappa shape index (κ1) is 19.5. The molecular weight excluding hydrogens is 374 g/mol. The fraction of sp³-hybridized carbons (Fsp3) is 0.300. The van der Waals surface area contributed by atoms with E-state index in [9.17, 15) is 18.4 Å². The van der Waals surface area contributed by atoms with E-state index in [-0.39, 0.29) is 29.7 Å². The van der Waals surface area contributed by atoms with Gasteiger partial charge in [0.2, 0.25) is 5.91 Å². The molecule has 0 atom stereocenters. The van der Waals surface area contributed by atoms with Crippen LogP contribution in [0.2, 0.25) is 5.02 Å². The average molecular weight is 393 g/mol. The number of benzene rings is 2. The number of carbonyl (C=O) groups excluding carboxylic acids is 2. The standard InChI is InChI=1S/C20H19ClF2N2O2/c21-14-2-1-3-16(10-14)24-19(26)12-25-8-6-13(7-9-25)20(27)17-11-15(22)4-5-18(17)23/h1-5,10-11,13H,6-9,12H2,(H,24,26). The van der Waals surface area contributed by atoms with Crippen molar-refractivity contribution in [2.45, 2.75) is 12.8 Å². The van der Waals surface area contributed by atoms with Crippen LogP contribution in [0.3, 0.4) is 0 Å². The van der Waals surface area contributed by atoms with E-state index in [1.807, 2.05) is 4.90 Å². The topological polar surface area (TPSA) is 49.4 Å². The summed E-state index contributed by atoms with van der Waals surface area (Å²) in [6.07, 6.45) is 0.998. The molecule has 142 valence electrons. The molecule has 1 heterocycles. The Morgan fingerprint density at radius 1 is 1.11 bits per heavy atom. The molecular formula is C20H19ClF2N2O2. The van der Waals surface area contributed by atoms with Crippen molar-refractivity contribution in [3.05, 3.63) is 64.7 Å². The lowest BCUT2D eigenvalue weighted by atomic mass is 9.88. The zero-order valence-electron chi connectivity index (χ0n) is 14.6. The van der Waals surface area contributed by atoms with Crippen LogP contribution in [0, 0.1) is 17.6 Å². The van der Waals surface area contributed by atoms with E-state index in [2.05, 4.69) is 5.32 Å². The molecule has 1 aliphatic rings. The largest absolute Gasteiger partial charge is 0.325 e. The minimum atomic E-state index is -0.704. The van der Waals surface area contributed by atoms with Gasteiger partial charge < -0.3 is 5.32 Å². The number of anilines is 1. The molecule has 27 heavy (non-hydrogen) atoms. The highest BCUT2D eigenvalue weighted by Gasteiger charge is 2.28. The van der Waals surface area contributed by atoms with Gasteiger partial charge in [-0.25, -0.2) is 8.78 Å². The van der Waals surface area contributed by atoms with Gasteiger partial charge in [0, 0.05) is 16.6 Å². The molecule has 2 aromatic carbocycles. The van der Waals surface area contributed by atoms with Gasteiger partial charge in [0.1, 0.15) is 11.6 Å². The molecule has 0 radical (unpaired) electrons. The Kier molecular flexibility index (Phi) is 6.19. The van der Waals surface area contributed by atoms with Crippen molar-refractivity contribution < 1.29 is 18.4 Å². The van der Waals surface area contributed by atoms with Crippen LogP contribution < -0.4 is 5.32 Å². The fourth-order valence-electron chi connectivity index (χ4n) is 3.23. The molecule has 1 saturated heterocycles. The Labute approximate surface area is 161 Å². The molecule has 0 aliphatic carbocycles. The number of carbonyl (C=O) groups is 2. The third-order valence-corrected chi connectivity index (χ3v) is 4.86. The van der Waals surface area contributed by atoms with Gasteiger partial charge in [-0.05, 0) is 62.3 Å². The van der Waals surface area contributed by atoms with Crippen molar-refractivity contribution in [1.29, 1.82) is 0 Å². The Morgan fingerprint density at radius 3 is 2.56 bits per heavy atom. The number of amides is 1. The van der Waals surface area contributed by atoms with E-state index in [1.54, 1.807) is 24.3 Å². The lowest BCUT2D eigenvalue weighted by molar-refractivity contribution is -0.117. The predicted octanol–water partition coefficient (Wildman–Crippen LogP) is 4.15. The van der Waals surface area contributed by atoms with Crippen LogP contribution in [0.5, 0.6) is 0 Å². The summed E-state index contributed by atoms with van der Waals surface area (Å²) in [4.78, 5) is 26.6. The van der Waals surface area contributed by atoms with Crippen LogP contribution in [0.1, 0.15) is 23.2 Å². The molecule has 0 saturated carbocycles. The SMILES string of the molecule is O=C(CN1CCC(C(=O)c2cc(F)ccc2F)CC1)Nc1cccc(Cl)c1. The molecule has 1 N–H and O–H groups in total.